The van der Waals surface area contributed by atoms with Crippen molar-refractivity contribution >= 4 is 35.8 Å². The maximum absolute atomic E-state index is 5.67. The summed E-state index contributed by atoms with van der Waals surface area (Å²) in [4.78, 5) is 14.2. The van der Waals surface area contributed by atoms with E-state index in [1.165, 1.54) is 18.4 Å². The molecular weight excluding hydrogens is 481 g/mol. The predicted octanol–water partition coefficient (Wildman–Crippen LogP) is 2.50. The second kappa shape index (κ2) is 10.3. The lowest BCUT2D eigenvalue weighted by Crippen LogP contribution is -2.41. The van der Waals surface area contributed by atoms with Gasteiger partial charge in [-0.1, -0.05) is 0 Å². The fourth-order valence-electron chi connectivity index (χ4n) is 4.44. The van der Waals surface area contributed by atoms with Crippen molar-refractivity contribution in [1.82, 2.24) is 15.2 Å². The zero-order valence-corrected chi connectivity index (χ0v) is 19.9. The van der Waals surface area contributed by atoms with E-state index in [-0.39, 0.29) is 30.1 Å². The molecule has 3 aliphatic heterocycles. The lowest BCUT2D eigenvalue weighted by atomic mass is 9.87. The molecule has 1 aromatic heterocycles. The van der Waals surface area contributed by atoms with Gasteiger partial charge in [0.15, 0.2) is 5.96 Å². The summed E-state index contributed by atoms with van der Waals surface area (Å²) in [6.07, 6.45) is 4.52. The van der Waals surface area contributed by atoms with E-state index in [0.29, 0.717) is 12.0 Å². The number of hydrogen-bond donors (Lipinski definition) is 1. The summed E-state index contributed by atoms with van der Waals surface area (Å²) in [7, 11) is 0. The van der Waals surface area contributed by atoms with Crippen LogP contribution in [0.4, 0.5) is 5.82 Å². The summed E-state index contributed by atoms with van der Waals surface area (Å²) in [5.74, 6) is 2.04. The van der Waals surface area contributed by atoms with Crippen LogP contribution in [0.3, 0.4) is 0 Å². The summed E-state index contributed by atoms with van der Waals surface area (Å²) in [6.45, 7) is 12.2. The normalized spacial score (nSPS) is 27.4. The molecule has 0 radical (unpaired) electrons. The van der Waals surface area contributed by atoms with E-state index in [9.17, 15) is 0 Å². The molecule has 2 atom stereocenters. The topological polar surface area (TPSA) is 62.2 Å². The summed E-state index contributed by atoms with van der Waals surface area (Å²) in [5, 5.41) is 3.48. The average molecular weight is 515 g/mol. The first-order valence-electron chi connectivity index (χ1n) is 10.6. The maximum Gasteiger partial charge on any atom is 0.194 e. The highest BCUT2D eigenvalue weighted by Crippen LogP contribution is 2.38. The number of aliphatic imine (C=N–C) groups is 1. The molecule has 0 aliphatic carbocycles. The van der Waals surface area contributed by atoms with Crippen molar-refractivity contribution < 1.29 is 9.47 Å². The lowest BCUT2D eigenvalue weighted by molar-refractivity contribution is 0.0529. The summed E-state index contributed by atoms with van der Waals surface area (Å²) in [6, 6.07) is 4.23. The highest BCUT2D eigenvalue weighted by atomic mass is 127. The Hall–Kier alpha value is -1.13. The molecule has 4 rings (SSSR count). The third-order valence-corrected chi connectivity index (χ3v) is 6.04. The van der Waals surface area contributed by atoms with Gasteiger partial charge in [-0.25, -0.2) is 9.98 Å². The van der Waals surface area contributed by atoms with Crippen LogP contribution in [0.1, 0.15) is 32.3 Å². The predicted molar refractivity (Wildman–Crippen MR) is 126 cm³/mol. The molecule has 7 nitrogen and oxygen atoms in total. The Balaban J connectivity index is 0.00000240. The van der Waals surface area contributed by atoms with Crippen molar-refractivity contribution in [3.05, 3.63) is 23.9 Å². The second-order valence-corrected chi connectivity index (χ2v) is 8.29. The Kier molecular flexibility index (Phi) is 7.98. The van der Waals surface area contributed by atoms with E-state index in [4.69, 9.17) is 14.5 Å². The largest absolute Gasteiger partial charge is 0.381 e. The number of ether oxygens (including phenoxy) is 2. The van der Waals surface area contributed by atoms with Crippen LogP contribution in [0.5, 0.6) is 0 Å². The Labute approximate surface area is 191 Å². The molecule has 2 unspecified atom stereocenters. The van der Waals surface area contributed by atoms with Gasteiger partial charge in [-0.05, 0) is 44.4 Å². The van der Waals surface area contributed by atoms with Gasteiger partial charge in [-0.3, -0.25) is 0 Å². The van der Waals surface area contributed by atoms with Gasteiger partial charge in [0.05, 0.1) is 25.9 Å². The molecule has 3 aliphatic rings. The van der Waals surface area contributed by atoms with Gasteiger partial charge in [0, 0.05) is 50.9 Å². The third kappa shape index (κ3) is 5.52. The monoisotopic (exact) mass is 515 g/mol. The molecule has 29 heavy (non-hydrogen) atoms. The zero-order chi connectivity index (χ0) is 19.4. The minimum absolute atomic E-state index is 0. The van der Waals surface area contributed by atoms with Crippen LogP contribution in [0.2, 0.25) is 0 Å². The number of hydrogen-bond acceptors (Lipinski definition) is 5. The molecule has 1 N–H and O–H groups in total. The van der Waals surface area contributed by atoms with Crippen molar-refractivity contribution in [2.75, 3.05) is 57.4 Å². The van der Waals surface area contributed by atoms with Gasteiger partial charge in [0.25, 0.3) is 0 Å². The summed E-state index contributed by atoms with van der Waals surface area (Å²) in [5.41, 5.74) is 1.53. The van der Waals surface area contributed by atoms with E-state index < -0.39 is 0 Å². The molecule has 3 saturated heterocycles. The standard InChI is InChI=1S/C21H33N5O2.HI/c1-3-22-20(26-8-5-21(15-26)6-10-27-16-21)24-13-18-4-7-23-19(12-18)25-9-11-28-17(2)14-25;/h4,7,12,17H,3,5-6,8-11,13-16H2,1-2H3,(H,22,24);1H. The highest BCUT2D eigenvalue weighted by Gasteiger charge is 2.42. The smallest absolute Gasteiger partial charge is 0.194 e. The Bertz CT molecular complexity index is 695. The van der Waals surface area contributed by atoms with Gasteiger partial charge < -0.3 is 24.6 Å². The van der Waals surface area contributed by atoms with E-state index in [1.807, 2.05) is 6.20 Å². The number of halogens is 1. The van der Waals surface area contributed by atoms with Crippen LogP contribution in [0.15, 0.2) is 23.3 Å². The Morgan fingerprint density at radius 2 is 2.24 bits per heavy atom. The number of pyridine rings is 1. The van der Waals surface area contributed by atoms with Crippen LogP contribution in [0, 0.1) is 5.41 Å². The van der Waals surface area contributed by atoms with Crippen molar-refractivity contribution in [3.8, 4) is 0 Å². The number of nitrogens with zero attached hydrogens (tertiary/aromatic N) is 4. The number of rotatable bonds is 4. The van der Waals surface area contributed by atoms with Crippen LogP contribution >= 0.6 is 24.0 Å². The molecule has 162 valence electrons. The highest BCUT2D eigenvalue weighted by molar-refractivity contribution is 14.0. The van der Waals surface area contributed by atoms with Crippen LogP contribution < -0.4 is 10.2 Å². The van der Waals surface area contributed by atoms with E-state index in [2.05, 4.69) is 46.1 Å². The van der Waals surface area contributed by atoms with Gasteiger partial charge in [-0.15, -0.1) is 24.0 Å². The molecule has 0 saturated carbocycles. The molecular formula is C21H34IN5O2. The molecule has 1 aromatic rings. The third-order valence-electron chi connectivity index (χ3n) is 6.04. The molecule has 0 bridgehead atoms. The number of morpholine rings is 1. The van der Waals surface area contributed by atoms with Crippen molar-refractivity contribution in [1.29, 1.82) is 0 Å². The number of anilines is 1. The first-order valence-corrected chi connectivity index (χ1v) is 10.6. The summed E-state index contributed by atoms with van der Waals surface area (Å²) < 4.78 is 11.3. The first kappa shape index (κ1) is 22.6. The fraction of sp³-hybridized carbons (Fsp3) is 0.714. The molecule has 8 heteroatoms. The molecule has 1 spiro atoms. The second-order valence-electron chi connectivity index (χ2n) is 8.29. The SMILES string of the molecule is CCNC(=NCc1ccnc(N2CCOC(C)C2)c1)N1CCC2(CCOC2)C1.I. The van der Waals surface area contributed by atoms with E-state index >= 15 is 0 Å². The van der Waals surface area contributed by atoms with E-state index in [1.54, 1.807) is 0 Å². The number of nitrogens with one attached hydrogen (secondary N) is 1. The minimum Gasteiger partial charge on any atom is -0.381 e. The lowest BCUT2D eigenvalue weighted by Gasteiger charge is -2.32. The Morgan fingerprint density at radius 1 is 1.34 bits per heavy atom. The number of aromatic nitrogens is 1. The quantitative estimate of drug-likeness (QED) is 0.378. The average Bonchev–Trinajstić information content (AvgIpc) is 3.35. The van der Waals surface area contributed by atoms with Gasteiger partial charge in [-0.2, -0.15) is 0 Å². The Morgan fingerprint density at radius 3 is 3.00 bits per heavy atom. The van der Waals surface area contributed by atoms with Crippen LogP contribution in [0.25, 0.3) is 0 Å². The minimum atomic E-state index is 0. The summed E-state index contributed by atoms with van der Waals surface area (Å²) >= 11 is 0. The zero-order valence-electron chi connectivity index (χ0n) is 17.6. The van der Waals surface area contributed by atoms with Crippen molar-refractivity contribution in [2.24, 2.45) is 10.4 Å². The molecule has 3 fully saturated rings. The first-order chi connectivity index (χ1) is 13.7. The molecule has 4 heterocycles. The van der Waals surface area contributed by atoms with Crippen LogP contribution in [-0.2, 0) is 16.0 Å². The van der Waals surface area contributed by atoms with Crippen molar-refractivity contribution in [3.63, 3.8) is 0 Å². The number of likely N-dealkylation sites (tertiary alicyclic amines) is 1. The maximum atomic E-state index is 5.67. The fourth-order valence-corrected chi connectivity index (χ4v) is 4.44. The van der Waals surface area contributed by atoms with E-state index in [0.717, 1.165) is 64.3 Å². The van der Waals surface area contributed by atoms with Crippen LogP contribution in [-0.4, -0.2) is 74.5 Å². The number of guanidine groups is 1. The van der Waals surface area contributed by atoms with Gasteiger partial charge in [0.2, 0.25) is 0 Å². The molecule has 0 amide bonds. The van der Waals surface area contributed by atoms with Gasteiger partial charge >= 0.3 is 0 Å². The molecule has 0 aromatic carbocycles. The van der Waals surface area contributed by atoms with Crippen molar-refractivity contribution in [2.45, 2.75) is 39.3 Å². The van der Waals surface area contributed by atoms with Gasteiger partial charge in [0.1, 0.15) is 5.82 Å².